The van der Waals surface area contributed by atoms with Crippen LogP contribution in [0.2, 0.25) is 0 Å². The van der Waals surface area contributed by atoms with Crippen LogP contribution in [0.3, 0.4) is 0 Å². The van der Waals surface area contributed by atoms with Crippen molar-refractivity contribution in [3.63, 3.8) is 0 Å². The molecule has 5 heteroatoms. The molecular formula is C20H21NO4. The molecule has 0 fully saturated rings. The van der Waals surface area contributed by atoms with E-state index in [0.29, 0.717) is 18.8 Å². The van der Waals surface area contributed by atoms with Crippen molar-refractivity contribution in [2.75, 3.05) is 13.2 Å². The third kappa shape index (κ3) is 3.08. The van der Waals surface area contributed by atoms with E-state index < -0.39 is 12.1 Å². The lowest BCUT2D eigenvalue weighted by Crippen LogP contribution is -2.32. The molecule has 1 aliphatic heterocycles. The van der Waals surface area contributed by atoms with Crippen molar-refractivity contribution in [1.29, 1.82) is 0 Å². The van der Waals surface area contributed by atoms with Crippen LogP contribution in [-0.2, 0) is 16.5 Å². The molecule has 1 aromatic rings. The van der Waals surface area contributed by atoms with Crippen molar-refractivity contribution in [1.82, 2.24) is 4.57 Å². The average molecular weight is 339 g/mol. The first-order valence-electron chi connectivity index (χ1n) is 8.37. The van der Waals surface area contributed by atoms with Gasteiger partial charge in [-0.3, -0.25) is 9.59 Å². The molecule has 25 heavy (non-hydrogen) atoms. The number of rotatable bonds is 6. The largest absolute Gasteiger partial charge is 0.346 e. The third-order valence-electron chi connectivity index (χ3n) is 4.25. The van der Waals surface area contributed by atoms with Gasteiger partial charge in [-0.15, -0.1) is 0 Å². The number of Topliss-reactive ketones (excluding diaryl/α,β-unsaturated/α-hetero) is 1. The Morgan fingerprint density at radius 1 is 1.08 bits per heavy atom. The second-order valence-corrected chi connectivity index (χ2v) is 5.74. The fraction of sp³-hybridized carbons (Fsp3) is 0.300. The predicted molar refractivity (Wildman–Crippen MR) is 97.2 cm³/mol. The molecule has 1 aromatic carbocycles. The van der Waals surface area contributed by atoms with E-state index in [1.165, 1.54) is 0 Å². The van der Waals surface area contributed by atoms with Gasteiger partial charge in [0.1, 0.15) is 0 Å². The molecular weight excluding hydrogens is 318 g/mol. The Kier molecular flexibility index (Phi) is 4.97. The number of hydrogen-bond donors (Lipinski definition) is 0. The minimum Gasteiger partial charge on any atom is -0.346 e. The molecule has 1 aliphatic carbocycles. The molecule has 0 saturated heterocycles. The minimum absolute atomic E-state index is 0.0923. The van der Waals surface area contributed by atoms with Gasteiger partial charge in [-0.25, -0.2) is 0 Å². The Labute approximate surface area is 146 Å². The standard InChI is InChI=1S/C20H21NO4/c1-4-24-20(25-5-2)19(23)14-10-11-17-15(18(14)22)12-13-8-6-7-9-16(13)21(17)3/h6-12,20H,4-5H2,1-3H3. The highest BCUT2D eigenvalue weighted by Gasteiger charge is 2.25. The molecule has 0 N–H and O–H groups in total. The van der Waals surface area contributed by atoms with Crippen LogP contribution in [0.4, 0.5) is 0 Å². The maximum atomic E-state index is 12.9. The van der Waals surface area contributed by atoms with Gasteiger partial charge in [-0.1, -0.05) is 18.2 Å². The van der Waals surface area contributed by atoms with Crippen LogP contribution in [0.25, 0.3) is 22.2 Å². The molecule has 0 radical (unpaired) electrons. The minimum atomic E-state index is -1.05. The number of nitrogens with zero attached hydrogens (tertiary/aromatic N) is 1. The summed E-state index contributed by atoms with van der Waals surface area (Å²) in [6.45, 7) is 4.23. The summed E-state index contributed by atoms with van der Waals surface area (Å²) in [5.74, 6) is -0.439. The van der Waals surface area contributed by atoms with Crippen LogP contribution < -0.4 is 5.43 Å². The molecule has 0 saturated carbocycles. The average Bonchev–Trinajstić information content (AvgIpc) is 2.62. The molecule has 0 bridgehead atoms. The molecule has 0 spiro atoms. The zero-order valence-corrected chi connectivity index (χ0v) is 14.6. The van der Waals surface area contributed by atoms with Crippen molar-refractivity contribution in [3.05, 3.63) is 58.3 Å². The fourth-order valence-corrected chi connectivity index (χ4v) is 3.04. The zero-order valence-electron chi connectivity index (χ0n) is 14.6. The van der Waals surface area contributed by atoms with Gasteiger partial charge in [0, 0.05) is 31.3 Å². The van der Waals surface area contributed by atoms with Gasteiger partial charge in [0.15, 0.2) is 5.43 Å². The predicted octanol–water partition coefficient (Wildman–Crippen LogP) is 3.23. The monoisotopic (exact) mass is 339 g/mol. The summed E-state index contributed by atoms with van der Waals surface area (Å²) in [5, 5.41) is 0.949. The first-order chi connectivity index (χ1) is 12.1. The number of hydrogen-bond acceptors (Lipinski definition) is 4. The maximum Gasteiger partial charge on any atom is 0.222 e. The Bertz CT molecular complexity index is 938. The van der Waals surface area contributed by atoms with Crippen LogP contribution in [0.15, 0.2) is 47.3 Å². The van der Waals surface area contributed by atoms with Crippen molar-refractivity contribution >= 4 is 16.7 Å². The van der Waals surface area contributed by atoms with Crippen LogP contribution in [-0.4, -0.2) is 29.9 Å². The smallest absolute Gasteiger partial charge is 0.222 e. The summed E-state index contributed by atoms with van der Waals surface area (Å²) < 4.78 is 12.6. The number of para-hydroxylation sites is 1. The van der Waals surface area contributed by atoms with Crippen LogP contribution >= 0.6 is 0 Å². The second-order valence-electron chi connectivity index (χ2n) is 5.74. The number of aryl methyl sites for hydroxylation is 1. The van der Waals surface area contributed by atoms with Gasteiger partial charge in [0.2, 0.25) is 12.1 Å². The van der Waals surface area contributed by atoms with E-state index in [1.807, 2.05) is 41.9 Å². The highest BCUT2D eigenvalue weighted by atomic mass is 16.7. The van der Waals surface area contributed by atoms with E-state index >= 15 is 0 Å². The summed E-state index contributed by atoms with van der Waals surface area (Å²) in [5.41, 5.74) is 2.11. The number of aromatic nitrogens is 1. The molecule has 0 aromatic heterocycles. The Balaban J connectivity index is 2.17. The van der Waals surface area contributed by atoms with E-state index in [2.05, 4.69) is 0 Å². The van der Waals surface area contributed by atoms with Gasteiger partial charge in [-0.05, 0) is 43.5 Å². The normalized spacial score (nSPS) is 11.5. The summed E-state index contributed by atoms with van der Waals surface area (Å²) >= 11 is 0. The number of benzene rings is 2. The summed E-state index contributed by atoms with van der Waals surface area (Å²) in [6, 6.07) is 13.0. The fourth-order valence-electron chi connectivity index (χ4n) is 3.04. The highest BCUT2D eigenvalue weighted by Crippen LogP contribution is 2.25. The van der Waals surface area contributed by atoms with E-state index in [4.69, 9.17) is 9.47 Å². The number of pyridine rings is 1. The van der Waals surface area contributed by atoms with Gasteiger partial charge in [0.05, 0.1) is 11.3 Å². The van der Waals surface area contributed by atoms with Crippen LogP contribution in [0.5, 0.6) is 0 Å². The third-order valence-corrected chi connectivity index (χ3v) is 4.25. The van der Waals surface area contributed by atoms with Crippen molar-refractivity contribution in [2.24, 2.45) is 7.05 Å². The number of carbonyl (C=O) groups excluding carboxylic acids is 1. The molecule has 0 amide bonds. The Hall–Kier alpha value is -2.50. The molecule has 5 nitrogen and oxygen atoms in total. The maximum absolute atomic E-state index is 12.9. The summed E-state index contributed by atoms with van der Waals surface area (Å²) in [6.07, 6.45) is -1.05. The summed E-state index contributed by atoms with van der Waals surface area (Å²) in [7, 11) is 1.91. The molecule has 0 atom stereocenters. The molecule has 0 unspecified atom stereocenters. The van der Waals surface area contributed by atoms with E-state index in [9.17, 15) is 9.59 Å². The van der Waals surface area contributed by atoms with E-state index in [-0.39, 0.29) is 11.0 Å². The lowest BCUT2D eigenvalue weighted by molar-refractivity contribution is -0.107. The van der Waals surface area contributed by atoms with E-state index in [1.54, 1.807) is 26.0 Å². The van der Waals surface area contributed by atoms with Crippen LogP contribution in [0.1, 0.15) is 24.2 Å². The second kappa shape index (κ2) is 7.17. The van der Waals surface area contributed by atoms with Gasteiger partial charge in [-0.2, -0.15) is 0 Å². The van der Waals surface area contributed by atoms with Gasteiger partial charge >= 0.3 is 0 Å². The zero-order chi connectivity index (χ0) is 18.0. The van der Waals surface area contributed by atoms with Crippen molar-refractivity contribution in [3.8, 4) is 11.3 Å². The van der Waals surface area contributed by atoms with Crippen molar-refractivity contribution < 1.29 is 14.3 Å². The first kappa shape index (κ1) is 17.3. The topological polar surface area (TPSA) is 57.5 Å². The Morgan fingerprint density at radius 2 is 1.76 bits per heavy atom. The lowest BCUT2D eigenvalue weighted by atomic mass is 9.99. The SMILES string of the molecule is CCOC(OCC)C(=O)c1ccc2n(C)c3ccccc3cc-2c1=O. The van der Waals surface area contributed by atoms with Crippen LogP contribution in [0, 0.1) is 0 Å². The molecule has 2 aliphatic rings. The molecule has 130 valence electrons. The Morgan fingerprint density at radius 3 is 2.44 bits per heavy atom. The first-order valence-corrected chi connectivity index (χ1v) is 8.37. The van der Waals surface area contributed by atoms with E-state index in [0.717, 1.165) is 16.6 Å². The lowest BCUT2D eigenvalue weighted by Gasteiger charge is -2.18. The number of ketones is 1. The van der Waals surface area contributed by atoms with Crippen molar-refractivity contribution in [2.45, 2.75) is 20.1 Å². The quantitative estimate of drug-likeness (QED) is 0.393. The number of fused-ring (bicyclic) bond motifs is 2. The van der Waals surface area contributed by atoms with Gasteiger partial charge in [0.25, 0.3) is 0 Å². The summed E-state index contributed by atoms with van der Waals surface area (Å²) in [4.78, 5) is 25.6. The molecule has 1 heterocycles. The highest BCUT2D eigenvalue weighted by molar-refractivity contribution is 6.00. The molecule has 3 rings (SSSR count). The van der Waals surface area contributed by atoms with Gasteiger partial charge < -0.3 is 14.0 Å². The number of carbonyl (C=O) groups is 1. The number of ether oxygens (including phenoxy) is 2.